The average molecular weight is 911 g/mol. The highest BCUT2D eigenvalue weighted by atomic mass is 19.1. The van der Waals surface area contributed by atoms with Gasteiger partial charge >= 0.3 is 12.2 Å². The number of likely N-dealkylation sites (tertiary alicyclic amines) is 2. The van der Waals surface area contributed by atoms with Crippen molar-refractivity contribution >= 4 is 57.7 Å². The zero-order valence-corrected chi connectivity index (χ0v) is 37.6. The molecule has 18 nitrogen and oxygen atoms in total. The van der Waals surface area contributed by atoms with E-state index < -0.39 is 54.0 Å². The zero-order valence-electron chi connectivity index (χ0n) is 37.6. The van der Waals surface area contributed by atoms with E-state index in [0.29, 0.717) is 95.3 Å². The number of anilines is 2. The molecule has 4 fully saturated rings. The largest absolute Gasteiger partial charge is 0.453 e. The normalized spacial score (nSPS) is 21.6. The van der Waals surface area contributed by atoms with Crippen molar-refractivity contribution in [2.24, 2.45) is 5.92 Å². The molecule has 5 atom stereocenters. The number of amides is 4. The quantitative estimate of drug-likeness (QED) is 0.110. The molecule has 9 rings (SSSR count). The van der Waals surface area contributed by atoms with Crippen LogP contribution in [0.4, 0.5) is 30.0 Å². The number of halogens is 2. The highest BCUT2D eigenvalue weighted by Crippen LogP contribution is 2.49. The second-order valence-electron chi connectivity index (χ2n) is 18.0. The van der Waals surface area contributed by atoms with Gasteiger partial charge in [-0.15, -0.1) is 0 Å². The first-order valence-corrected chi connectivity index (χ1v) is 22.9. The van der Waals surface area contributed by atoms with Crippen LogP contribution in [0.1, 0.15) is 119 Å². The molecule has 350 valence electrons. The zero-order chi connectivity index (χ0) is 46.2. The standard InChI is InChI=1S/C46H56F2N12O6/c1-25(2)40(56-46(64)66-4)43(62)59-17-9-11-38(59)42-53-32-19-28(30(48)21-34(32)55-42)36-13-12-35(60(36)26-22-49-44(50-23-26)57-14-6-5-7-15-57)27-18-31-33(20-29(27)47)54-41(52-31)37-10-8-16-58(37)39(61)24-51-45(63)65-3/h18-23,25,35-38,40H,5-17,24H2,1-4H3,(H,51,63)(H,52,54)(H,53,55)(H,56,64)/t35-,36+,37+,38+,40?/m1/s1. The van der Waals surface area contributed by atoms with E-state index >= 15 is 8.78 Å². The number of imidazole rings is 2. The first-order valence-electron chi connectivity index (χ1n) is 22.9. The third-order valence-corrected chi connectivity index (χ3v) is 13.6. The summed E-state index contributed by atoms with van der Waals surface area (Å²) in [5, 5.41) is 5.12. The summed E-state index contributed by atoms with van der Waals surface area (Å²) in [6.07, 6.45) is 9.01. The van der Waals surface area contributed by atoms with Gasteiger partial charge in [-0.1, -0.05) is 13.8 Å². The molecular formula is C46H56F2N12O6. The van der Waals surface area contributed by atoms with Crippen LogP contribution in [0.5, 0.6) is 0 Å². The first-order chi connectivity index (χ1) is 31.9. The molecule has 0 spiro atoms. The minimum Gasteiger partial charge on any atom is -0.453 e. The van der Waals surface area contributed by atoms with E-state index in [1.807, 2.05) is 18.7 Å². The number of rotatable bonds is 11. The lowest BCUT2D eigenvalue weighted by molar-refractivity contribution is -0.135. The number of ether oxygens (including phenoxy) is 2. The van der Waals surface area contributed by atoms with Gasteiger partial charge in [-0.2, -0.15) is 0 Å². The van der Waals surface area contributed by atoms with Gasteiger partial charge in [-0.25, -0.2) is 38.3 Å². The lowest BCUT2D eigenvalue weighted by Crippen LogP contribution is -2.51. The van der Waals surface area contributed by atoms with E-state index in [9.17, 15) is 19.2 Å². The number of aromatic nitrogens is 6. The second-order valence-corrected chi connectivity index (χ2v) is 18.0. The van der Waals surface area contributed by atoms with Crippen molar-refractivity contribution in [3.8, 4) is 0 Å². The molecule has 4 aliphatic rings. The Morgan fingerprint density at radius 2 is 1.26 bits per heavy atom. The summed E-state index contributed by atoms with van der Waals surface area (Å²) in [4.78, 5) is 84.3. The van der Waals surface area contributed by atoms with Crippen molar-refractivity contribution in [2.45, 2.75) is 102 Å². The SMILES string of the molecule is COC(=O)NCC(=O)N1CCC[C@H]1c1nc2cc([C@H]3CC[C@@H](c4cc5nc([C@@H]6CCCN6C(=O)C(NC(=O)OC)C(C)C)[nH]c5cc4F)N3c3cnc(N4CCCCC4)nc3)c(F)cc2[nH]1. The van der Waals surface area contributed by atoms with E-state index in [0.717, 1.165) is 45.2 Å². The summed E-state index contributed by atoms with van der Waals surface area (Å²) < 4.78 is 42.7. The number of aromatic amines is 2. The maximum Gasteiger partial charge on any atom is 0.407 e. The molecule has 2 aromatic carbocycles. The minimum absolute atomic E-state index is 0.203. The molecule has 4 amide bonds. The van der Waals surface area contributed by atoms with Crippen LogP contribution in [0.25, 0.3) is 22.1 Å². The molecule has 3 aromatic heterocycles. The van der Waals surface area contributed by atoms with Crippen LogP contribution in [0.2, 0.25) is 0 Å². The van der Waals surface area contributed by atoms with Crippen LogP contribution in [-0.2, 0) is 19.1 Å². The van der Waals surface area contributed by atoms with Gasteiger partial charge in [-0.05, 0) is 88.0 Å². The summed E-state index contributed by atoms with van der Waals surface area (Å²) in [7, 11) is 2.48. The molecule has 1 unspecified atom stereocenters. The summed E-state index contributed by atoms with van der Waals surface area (Å²) in [6, 6.07) is 3.58. The topological polar surface area (TPSA) is 207 Å². The van der Waals surface area contributed by atoms with E-state index in [1.54, 1.807) is 34.3 Å². The number of nitrogens with one attached hydrogen (secondary N) is 4. The number of hydrogen-bond donors (Lipinski definition) is 4. The van der Waals surface area contributed by atoms with E-state index in [1.165, 1.54) is 26.4 Å². The van der Waals surface area contributed by atoms with Crippen LogP contribution in [0.3, 0.4) is 0 Å². The third kappa shape index (κ3) is 8.64. The first kappa shape index (κ1) is 44.6. The highest BCUT2D eigenvalue weighted by molar-refractivity contribution is 5.87. The van der Waals surface area contributed by atoms with Crippen LogP contribution in [0, 0.1) is 17.6 Å². The number of benzene rings is 2. The van der Waals surface area contributed by atoms with Crippen LogP contribution in [0.15, 0.2) is 36.7 Å². The fourth-order valence-electron chi connectivity index (χ4n) is 10.3. The Hall–Kier alpha value is -6.60. The molecule has 5 aromatic rings. The van der Waals surface area contributed by atoms with Crippen LogP contribution in [-0.4, -0.2) is 117 Å². The molecular weight excluding hydrogens is 855 g/mol. The number of nitrogens with zero attached hydrogens (tertiary/aromatic N) is 8. The molecule has 0 aliphatic carbocycles. The summed E-state index contributed by atoms with van der Waals surface area (Å²) in [5.41, 5.74) is 3.34. The van der Waals surface area contributed by atoms with E-state index in [2.05, 4.69) is 30.2 Å². The Labute approximate surface area is 380 Å². The molecule has 4 saturated heterocycles. The van der Waals surface area contributed by atoms with Gasteiger partial charge in [-0.3, -0.25) is 9.59 Å². The van der Waals surface area contributed by atoms with Crippen molar-refractivity contribution in [2.75, 3.05) is 56.7 Å². The molecule has 0 saturated carbocycles. The molecule has 0 radical (unpaired) electrons. The lowest BCUT2D eigenvalue weighted by atomic mass is 10.0. The van der Waals surface area contributed by atoms with Gasteiger partial charge in [0.2, 0.25) is 17.8 Å². The van der Waals surface area contributed by atoms with Crippen molar-refractivity contribution in [3.63, 3.8) is 0 Å². The fraction of sp³-hybridized carbons (Fsp3) is 0.522. The predicted octanol–water partition coefficient (Wildman–Crippen LogP) is 6.64. The number of carbonyl (C=O) groups excluding carboxylic acids is 4. The highest BCUT2D eigenvalue weighted by Gasteiger charge is 2.41. The summed E-state index contributed by atoms with van der Waals surface area (Å²) in [6.45, 7) is 6.15. The van der Waals surface area contributed by atoms with Gasteiger partial charge in [0.05, 0.1) is 78.5 Å². The third-order valence-electron chi connectivity index (χ3n) is 13.6. The Bertz CT molecular complexity index is 2620. The molecule has 20 heteroatoms. The number of alkyl carbamates (subject to hydrolysis) is 2. The Balaban J connectivity index is 1.04. The minimum atomic E-state index is -0.803. The average Bonchev–Trinajstić information content (AvgIpc) is 4.19. The number of H-pyrrole nitrogens is 2. The van der Waals surface area contributed by atoms with Gasteiger partial charge in [0.1, 0.15) is 35.9 Å². The smallest absolute Gasteiger partial charge is 0.407 e. The fourth-order valence-corrected chi connectivity index (χ4v) is 10.3. The molecule has 4 N–H and O–H groups in total. The van der Waals surface area contributed by atoms with Crippen molar-refractivity contribution in [3.05, 3.63) is 71.1 Å². The maximum atomic E-state index is 16.7. The van der Waals surface area contributed by atoms with Crippen LogP contribution >= 0.6 is 0 Å². The molecule has 66 heavy (non-hydrogen) atoms. The van der Waals surface area contributed by atoms with E-state index in [4.69, 9.17) is 24.7 Å². The number of methoxy groups -OCH3 is 2. The Morgan fingerprint density at radius 3 is 1.80 bits per heavy atom. The van der Waals surface area contributed by atoms with Gasteiger partial charge in [0.15, 0.2) is 0 Å². The van der Waals surface area contributed by atoms with Gasteiger partial charge in [0.25, 0.3) is 0 Å². The van der Waals surface area contributed by atoms with Crippen molar-refractivity contribution < 1.29 is 37.4 Å². The van der Waals surface area contributed by atoms with Gasteiger partial charge in [0, 0.05) is 37.3 Å². The van der Waals surface area contributed by atoms with Crippen molar-refractivity contribution in [1.29, 1.82) is 0 Å². The molecule has 0 bridgehead atoms. The van der Waals surface area contributed by atoms with Crippen molar-refractivity contribution in [1.82, 2.24) is 50.3 Å². The number of hydrogen-bond acceptors (Lipinski definition) is 12. The number of carbonyl (C=O) groups is 4. The Morgan fingerprint density at radius 1 is 0.712 bits per heavy atom. The van der Waals surface area contributed by atoms with E-state index in [-0.39, 0.29) is 24.3 Å². The number of fused-ring (bicyclic) bond motifs is 2. The molecule has 7 heterocycles. The predicted molar refractivity (Wildman–Crippen MR) is 239 cm³/mol. The second kappa shape index (κ2) is 18.7. The summed E-state index contributed by atoms with van der Waals surface area (Å²) >= 11 is 0. The lowest BCUT2D eigenvalue weighted by Gasteiger charge is -2.33. The van der Waals surface area contributed by atoms with Gasteiger partial charge < -0.3 is 49.7 Å². The number of piperidine rings is 1. The summed E-state index contributed by atoms with van der Waals surface area (Å²) in [5.74, 6) is -0.0169. The monoisotopic (exact) mass is 910 g/mol. The van der Waals surface area contributed by atoms with Crippen LogP contribution < -0.4 is 20.4 Å². The molecule has 4 aliphatic heterocycles. The Kier molecular flexibility index (Phi) is 12.6. The maximum absolute atomic E-state index is 16.7.